The Balaban J connectivity index is 1.63. The van der Waals surface area contributed by atoms with Gasteiger partial charge in [0.05, 0.1) is 6.42 Å². The number of aromatic nitrogens is 3. The predicted octanol–water partition coefficient (Wildman–Crippen LogP) is 1.86. The molecule has 134 valence electrons. The lowest BCUT2D eigenvalue weighted by molar-refractivity contribution is -0.131. The normalized spacial score (nSPS) is 15.6. The van der Waals surface area contributed by atoms with Gasteiger partial charge in [-0.2, -0.15) is 5.10 Å². The van der Waals surface area contributed by atoms with Crippen molar-refractivity contribution < 1.29 is 4.79 Å². The van der Waals surface area contributed by atoms with Gasteiger partial charge in [-0.25, -0.2) is 9.48 Å². The van der Waals surface area contributed by atoms with E-state index in [1.165, 1.54) is 10.2 Å². The van der Waals surface area contributed by atoms with E-state index in [4.69, 9.17) is 0 Å². The van der Waals surface area contributed by atoms with Gasteiger partial charge in [0.1, 0.15) is 5.82 Å². The molecule has 1 aliphatic heterocycles. The van der Waals surface area contributed by atoms with Crippen LogP contribution in [0.2, 0.25) is 0 Å². The van der Waals surface area contributed by atoms with Crippen LogP contribution in [-0.4, -0.2) is 38.2 Å². The molecule has 0 bridgehead atoms. The minimum Gasteiger partial charge on any atom is -0.342 e. The first kappa shape index (κ1) is 17.5. The van der Waals surface area contributed by atoms with Gasteiger partial charge in [-0.05, 0) is 32.3 Å². The van der Waals surface area contributed by atoms with Gasteiger partial charge in [-0.3, -0.25) is 9.36 Å². The molecule has 0 saturated carbocycles. The molecule has 0 aliphatic carbocycles. The number of likely N-dealkylation sites (tertiary alicyclic amines) is 1. The molecule has 25 heavy (non-hydrogen) atoms. The minimum atomic E-state index is -0.0598. The van der Waals surface area contributed by atoms with Crippen molar-refractivity contribution >= 4 is 5.91 Å². The second kappa shape index (κ2) is 7.25. The zero-order valence-corrected chi connectivity index (χ0v) is 15.2. The number of amides is 1. The van der Waals surface area contributed by atoms with Crippen molar-refractivity contribution in [3.63, 3.8) is 0 Å². The molecule has 1 aromatic heterocycles. The number of nitrogens with zero attached hydrogens (tertiary/aromatic N) is 4. The second-order valence-corrected chi connectivity index (χ2v) is 6.83. The molecular formula is C19H26N4O2. The molecule has 1 fully saturated rings. The van der Waals surface area contributed by atoms with Crippen LogP contribution in [0.25, 0.3) is 0 Å². The fourth-order valence-corrected chi connectivity index (χ4v) is 3.62. The summed E-state index contributed by atoms with van der Waals surface area (Å²) in [6.45, 7) is 6.09. The highest BCUT2D eigenvalue weighted by Gasteiger charge is 2.27. The van der Waals surface area contributed by atoms with Crippen molar-refractivity contribution in [3.8, 4) is 0 Å². The number of hydrogen-bond donors (Lipinski definition) is 0. The molecule has 3 rings (SSSR count). The van der Waals surface area contributed by atoms with E-state index in [1.54, 1.807) is 11.6 Å². The highest BCUT2D eigenvalue weighted by molar-refractivity contribution is 5.78. The van der Waals surface area contributed by atoms with Crippen LogP contribution >= 0.6 is 0 Å². The van der Waals surface area contributed by atoms with Gasteiger partial charge in [0.2, 0.25) is 5.91 Å². The summed E-state index contributed by atoms with van der Waals surface area (Å²) in [6.07, 6.45) is 2.17. The third kappa shape index (κ3) is 3.67. The third-order valence-corrected chi connectivity index (χ3v) is 5.00. The third-order valence-electron chi connectivity index (χ3n) is 5.00. The van der Waals surface area contributed by atoms with Crippen molar-refractivity contribution in [1.29, 1.82) is 0 Å². The van der Waals surface area contributed by atoms with Crippen LogP contribution in [0.5, 0.6) is 0 Å². The highest BCUT2D eigenvalue weighted by Crippen LogP contribution is 2.26. The summed E-state index contributed by atoms with van der Waals surface area (Å²) in [4.78, 5) is 26.6. The molecule has 0 atom stereocenters. The van der Waals surface area contributed by atoms with Gasteiger partial charge < -0.3 is 4.90 Å². The summed E-state index contributed by atoms with van der Waals surface area (Å²) in [6, 6.07) is 8.11. The summed E-state index contributed by atoms with van der Waals surface area (Å²) in [5.41, 5.74) is 2.18. The number of piperidine rings is 1. The van der Waals surface area contributed by atoms with Crippen LogP contribution in [0, 0.1) is 6.92 Å². The molecule has 2 heterocycles. The van der Waals surface area contributed by atoms with Gasteiger partial charge in [-0.15, -0.1) is 0 Å². The molecule has 1 amide bonds. The average molecular weight is 342 g/mol. The number of carbonyl (C=O) groups excluding carboxylic acids is 1. The van der Waals surface area contributed by atoms with Crippen LogP contribution in [0.15, 0.2) is 29.1 Å². The average Bonchev–Trinajstić information content (AvgIpc) is 2.89. The van der Waals surface area contributed by atoms with E-state index < -0.39 is 0 Å². The van der Waals surface area contributed by atoms with E-state index >= 15 is 0 Å². The molecule has 0 N–H and O–H groups in total. The zero-order valence-electron chi connectivity index (χ0n) is 15.2. The van der Waals surface area contributed by atoms with Crippen LogP contribution in [0.1, 0.15) is 42.6 Å². The maximum atomic E-state index is 12.6. The Morgan fingerprint density at radius 3 is 2.64 bits per heavy atom. The Morgan fingerprint density at radius 2 is 2.00 bits per heavy atom. The number of aryl methyl sites for hydroxylation is 2. The Labute approximate surface area is 148 Å². The van der Waals surface area contributed by atoms with E-state index in [-0.39, 0.29) is 17.5 Å². The van der Waals surface area contributed by atoms with Crippen molar-refractivity contribution in [2.24, 2.45) is 7.05 Å². The molecule has 1 saturated heterocycles. The number of benzene rings is 1. The first-order valence-corrected chi connectivity index (χ1v) is 8.96. The molecule has 0 radical (unpaired) electrons. The summed E-state index contributed by atoms with van der Waals surface area (Å²) >= 11 is 0. The summed E-state index contributed by atoms with van der Waals surface area (Å²) in [7, 11) is 1.69. The molecule has 6 heteroatoms. The van der Waals surface area contributed by atoms with E-state index in [0.29, 0.717) is 13.0 Å². The SMILES string of the molecule is CCn1c(C2CCN(C(=O)Cc3cccc(C)c3)CC2)nn(C)c1=O. The smallest absolute Gasteiger partial charge is 0.342 e. The maximum absolute atomic E-state index is 12.6. The van der Waals surface area contributed by atoms with Crippen molar-refractivity contribution in [3.05, 3.63) is 51.7 Å². The lowest BCUT2D eigenvalue weighted by Gasteiger charge is -2.31. The van der Waals surface area contributed by atoms with Crippen LogP contribution in [0.4, 0.5) is 0 Å². The quantitative estimate of drug-likeness (QED) is 0.852. The summed E-state index contributed by atoms with van der Waals surface area (Å²) in [5.74, 6) is 1.29. The molecular weight excluding hydrogens is 316 g/mol. The van der Waals surface area contributed by atoms with Gasteiger partial charge in [-0.1, -0.05) is 29.8 Å². The van der Waals surface area contributed by atoms with Crippen LogP contribution in [-0.2, 0) is 24.8 Å². The van der Waals surface area contributed by atoms with E-state index in [1.807, 2.05) is 36.9 Å². The largest absolute Gasteiger partial charge is 0.345 e. The van der Waals surface area contributed by atoms with Crippen molar-refractivity contribution in [2.45, 2.75) is 45.6 Å². The van der Waals surface area contributed by atoms with Gasteiger partial charge in [0.25, 0.3) is 0 Å². The van der Waals surface area contributed by atoms with Crippen molar-refractivity contribution in [1.82, 2.24) is 19.2 Å². The number of carbonyl (C=O) groups is 1. The monoisotopic (exact) mass is 342 g/mol. The molecule has 2 aromatic rings. The molecule has 0 spiro atoms. The first-order valence-electron chi connectivity index (χ1n) is 8.96. The second-order valence-electron chi connectivity index (χ2n) is 6.83. The predicted molar refractivity (Wildman–Crippen MR) is 96.6 cm³/mol. The summed E-state index contributed by atoms with van der Waals surface area (Å²) < 4.78 is 3.16. The van der Waals surface area contributed by atoms with Gasteiger partial charge >= 0.3 is 5.69 Å². The summed E-state index contributed by atoms with van der Waals surface area (Å²) in [5, 5.41) is 4.42. The fraction of sp³-hybridized carbons (Fsp3) is 0.526. The highest BCUT2D eigenvalue weighted by atomic mass is 16.2. The molecule has 0 unspecified atom stereocenters. The number of hydrogen-bond acceptors (Lipinski definition) is 3. The molecule has 6 nitrogen and oxygen atoms in total. The Hall–Kier alpha value is -2.37. The van der Waals surface area contributed by atoms with E-state index in [2.05, 4.69) is 11.2 Å². The van der Waals surface area contributed by atoms with Gasteiger partial charge in [0.15, 0.2) is 0 Å². The molecule has 1 aromatic carbocycles. The Kier molecular flexibility index (Phi) is 5.06. The standard InChI is InChI=1S/C19H26N4O2/c1-4-23-18(20-21(3)19(23)25)16-8-10-22(11-9-16)17(24)13-15-7-5-6-14(2)12-15/h5-7,12,16H,4,8-11,13H2,1-3H3. The number of rotatable bonds is 4. The maximum Gasteiger partial charge on any atom is 0.345 e. The van der Waals surface area contributed by atoms with E-state index in [0.717, 1.165) is 37.3 Å². The van der Waals surface area contributed by atoms with Crippen LogP contribution in [0.3, 0.4) is 0 Å². The lowest BCUT2D eigenvalue weighted by Crippen LogP contribution is -2.39. The minimum absolute atomic E-state index is 0.0598. The first-order chi connectivity index (χ1) is 12.0. The van der Waals surface area contributed by atoms with Crippen LogP contribution < -0.4 is 5.69 Å². The molecule has 1 aliphatic rings. The zero-order chi connectivity index (χ0) is 18.0. The van der Waals surface area contributed by atoms with Crippen molar-refractivity contribution in [2.75, 3.05) is 13.1 Å². The van der Waals surface area contributed by atoms with Gasteiger partial charge in [0, 0.05) is 32.6 Å². The fourth-order valence-electron chi connectivity index (χ4n) is 3.62. The Morgan fingerprint density at radius 1 is 1.28 bits per heavy atom. The van der Waals surface area contributed by atoms with E-state index in [9.17, 15) is 9.59 Å². The Bertz CT molecular complexity index is 813. The topological polar surface area (TPSA) is 60.1 Å². The lowest BCUT2D eigenvalue weighted by atomic mass is 9.95.